The number of carboxylic acid groups (broad SMARTS) is 1. The molecule has 2 N–H and O–H groups in total. The van der Waals surface area contributed by atoms with E-state index in [0.29, 0.717) is 6.42 Å². The summed E-state index contributed by atoms with van der Waals surface area (Å²) in [5.41, 5.74) is -1.04. The highest BCUT2D eigenvalue weighted by molar-refractivity contribution is 9.10. The van der Waals surface area contributed by atoms with Crippen LogP contribution in [0, 0.1) is 0 Å². The van der Waals surface area contributed by atoms with Gasteiger partial charge in [0.1, 0.15) is 11.1 Å². The highest BCUT2D eigenvalue weighted by atomic mass is 79.9. The number of aliphatic carboxylic acids is 1. The van der Waals surface area contributed by atoms with Crippen LogP contribution in [0.2, 0.25) is 0 Å². The fourth-order valence-corrected chi connectivity index (χ4v) is 2.54. The summed E-state index contributed by atoms with van der Waals surface area (Å²) >= 11 is 3.34. The maximum absolute atomic E-state index is 11.8. The van der Waals surface area contributed by atoms with Crippen molar-refractivity contribution in [2.24, 2.45) is 0 Å². The van der Waals surface area contributed by atoms with Crippen molar-refractivity contribution in [1.82, 2.24) is 5.32 Å². The zero-order chi connectivity index (χ0) is 15.8. The molecule has 0 spiro atoms. The Kier molecular flexibility index (Phi) is 4.02. The Hall–Kier alpha value is -1.56. The first-order valence-electron chi connectivity index (χ1n) is 6.64. The first-order chi connectivity index (χ1) is 9.64. The summed E-state index contributed by atoms with van der Waals surface area (Å²) in [6, 6.07) is 7.42. The van der Waals surface area contributed by atoms with Crippen molar-refractivity contribution in [1.29, 1.82) is 0 Å². The van der Waals surface area contributed by atoms with Crippen molar-refractivity contribution >= 4 is 28.0 Å². The van der Waals surface area contributed by atoms with Crippen LogP contribution in [0.3, 0.4) is 0 Å². The van der Waals surface area contributed by atoms with Crippen LogP contribution in [-0.4, -0.2) is 28.3 Å². The molecule has 1 aromatic rings. The molecule has 1 saturated carbocycles. The van der Waals surface area contributed by atoms with E-state index in [-0.39, 0.29) is 5.92 Å². The molecule has 2 atom stereocenters. The second-order valence-corrected chi connectivity index (χ2v) is 7.13. The van der Waals surface area contributed by atoms with E-state index in [0.717, 1.165) is 10.0 Å². The van der Waals surface area contributed by atoms with Gasteiger partial charge in [0.2, 0.25) is 0 Å². The SMILES string of the molecule is CC(C)(C)OC(=O)N[C@@]1(C(=O)O)C[C@@H]1c1ccc(Br)cc1. The predicted molar refractivity (Wildman–Crippen MR) is 81.2 cm³/mol. The van der Waals surface area contributed by atoms with Gasteiger partial charge in [-0.15, -0.1) is 0 Å². The number of carboxylic acids is 1. The van der Waals surface area contributed by atoms with Crippen LogP contribution in [0.4, 0.5) is 4.79 Å². The topological polar surface area (TPSA) is 75.6 Å². The fraction of sp³-hybridized carbons (Fsp3) is 0.467. The number of rotatable bonds is 3. The molecule has 1 aliphatic rings. The van der Waals surface area contributed by atoms with Crippen LogP contribution >= 0.6 is 15.9 Å². The number of hydrogen-bond donors (Lipinski definition) is 2. The number of nitrogens with one attached hydrogen (secondary N) is 1. The molecule has 21 heavy (non-hydrogen) atoms. The standard InChI is InChI=1S/C15H18BrNO4/c1-14(2,3)21-13(20)17-15(12(18)19)8-11(15)9-4-6-10(16)7-5-9/h4-7,11H,8H2,1-3H3,(H,17,20)(H,18,19)/t11-,15+/m1/s1. The Morgan fingerprint density at radius 3 is 2.38 bits per heavy atom. The molecule has 1 aliphatic carbocycles. The maximum atomic E-state index is 11.8. The summed E-state index contributed by atoms with van der Waals surface area (Å²) in [4.78, 5) is 23.4. The lowest BCUT2D eigenvalue weighted by Gasteiger charge is -2.22. The average Bonchev–Trinajstić information content (AvgIpc) is 3.03. The third-order valence-corrected chi connectivity index (χ3v) is 3.87. The van der Waals surface area contributed by atoms with Crippen LogP contribution < -0.4 is 5.32 Å². The Bertz CT molecular complexity index is 564. The van der Waals surface area contributed by atoms with Gasteiger partial charge in [0.15, 0.2) is 0 Å². The number of carbonyl (C=O) groups is 2. The Morgan fingerprint density at radius 2 is 1.90 bits per heavy atom. The van der Waals surface area contributed by atoms with Crippen molar-refractivity contribution in [2.75, 3.05) is 0 Å². The molecular weight excluding hydrogens is 338 g/mol. The van der Waals surface area contributed by atoms with Gasteiger partial charge in [-0.25, -0.2) is 9.59 Å². The molecule has 114 valence electrons. The summed E-state index contributed by atoms with van der Waals surface area (Å²) in [6.45, 7) is 5.21. The van der Waals surface area contributed by atoms with E-state index in [2.05, 4.69) is 21.2 Å². The van der Waals surface area contributed by atoms with E-state index in [1.165, 1.54) is 0 Å². The monoisotopic (exact) mass is 355 g/mol. The third kappa shape index (κ3) is 3.56. The second kappa shape index (κ2) is 5.33. The van der Waals surface area contributed by atoms with E-state index >= 15 is 0 Å². The van der Waals surface area contributed by atoms with Gasteiger partial charge >= 0.3 is 12.1 Å². The third-order valence-electron chi connectivity index (χ3n) is 3.34. The second-order valence-electron chi connectivity index (χ2n) is 6.21. The molecular formula is C15H18BrNO4. The van der Waals surface area contributed by atoms with Crippen molar-refractivity contribution in [2.45, 2.75) is 44.2 Å². The molecule has 1 amide bonds. The van der Waals surface area contributed by atoms with E-state index in [4.69, 9.17) is 4.74 Å². The zero-order valence-electron chi connectivity index (χ0n) is 12.1. The quantitative estimate of drug-likeness (QED) is 0.872. The minimum absolute atomic E-state index is 0.240. The van der Waals surface area contributed by atoms with Gasteiger partial charge in [0.25, 0.3) is 0 Å². The van der Waals surface area contributed by atoms with Crippen LogP contribution in [0.15, 0.2) is 28.7 Å². The van der Waals surface area contributed by atoms with E-state index in [1.54, 1.807) is 20.8 Å². The Balaban J connectivity index is 2.12. The lowest BCUT2D eigenvalue weighted by molar-refractivity contribution is -0.140. The molecule has 0 bridgehead atoms. The maximum Gasteiger partial charge on any atom is 0.408 e. The number of amides is 1. The zero-order valence-corrected chi connectivity index (χ0v) is 13.7. The molecule has 0 aliphatic heterocycles. The molecule has 1 fully saturated rings. The minimum atomic E-state index is -1.27. The van der Waals surface area contributed by atoms with E-state index in [1.807, 2.05) is 24.3 Å². The normalized spacial score (nSPS) is 24.3. The lowest BCUT2D eigenvalue weighted by atomic mass is 10.1. The van der Waals surface area contributed by atoms with Gasteiger partial charge < -0.3 is 15.2 Å². The average molecular weight is 356 g/mol. The first kappa shape index (κ1) is 15.8. The molecule has 0 unspecified atom stereocenters. The van der Waals surface area contributed by atoms with Gasteiger partial charge in [-0.1, -0.05) is 28.1 Å². The number of halogens is 1. The minimum Gasteiger partial charge on any atom is -0.479 e. The number of carbonyl (C=O) groups excluding carboxylic acids is 1. The van der Waals surface area contributed by atoms with Gasteiger partial charge in [-0.3, -0.25) is 0 Å². The molecule has 0 radical (unpaired) electrons. The summed E-state index contributed by atoms with van der Waals surface area (Å²) in [7, 11) is 0. The van der Waals surface area contributed by atoms with Crippen LogP contribution in [0.1, 0.15) is 38.7 Å². The van der Waals surface area contributed by atoms with Gasteiger partial charge in [0.05, 0.1) is 0 Å². The summed E-state index contributed by atoms with van der Waals surface area (Å²) in [6.07, 6.45) is -0.340. The molecule has 5 nitrogen and oxygen atoms in total. The largest absolute Gasteiger partial charge is 0.479 e. The molecule has 6 heteroatoms. The molecule has 0 aromatic heterocycles. The van der Waals surface area contributed by atoms with Gasteiger partial charge in [-0.2, -0.15) is 0 Å². The number of hydrogen-bond acceptors (Lipinski definition) is 3. The number of benzene rings is 1. The van der Waals surface area contributed by atoms with Gasteiger partial charge in [-0.05, 0) is 44.9 Å². The van der Waals surface area contributed by atoms with E-state index in [9.17, 15) is 14.7 Å². The van der Waals surface area contributed by atoms with Gasteiger partial charge in [0, 0.05) is 10.4 Å². The summed E-state index contributed by atoms with van der Waals surface area (Å²) in [5.74, 6) is -1.28. The summed E-state index contributed by atoms with van der Waals surface area (Å²) in [5, 5.41) is 12.0. The fourth-order valence-electron chi connectivity index (χ4n) is 2.27. The van der Waals surface area contributed by atoms with Crippen LogP contribution in [-0.2, 0) is 9.53 Å². The van der Waals surface area contributed by atoms with Crippen molar-refractivity contribution in [3.8, 4) is 0 Å². The first-order valence-corrected chi connectivity index (χ1v) is 7.43. The highest BCUT2D eigenvalue weighted by Crippen LogP contribution is 2.51. The van der Waals surface area contributed by atoms with Crippen LogP contribution in [0.5, 0.6) is 0 Å². The highest BCUT2D eigenvalue weighted by Gasteiger charge is 2.62. The molecule has 0 heterocycles. The smallest absolute Gasteiger partial charge is 0.408 e. The Morgan fingerprint density at radius 1 is 1.33 bits per heavy atom. The Labute approximate surface area is 131 Å². The number of ether oxygens (including phenoxy) is 1. The van der Waals surface area contributed by atoms with Crippen molar-refractivity contribution in [3.63, 3.8) is 0 Å². The summed E-state index contributed by atoms with van der Waals surface area (Å²) < 4.78 is 6.07. The molecule has 2 rings (SSSR count). The van der Waals surface area contributed by atoms with E-state index < -0.39 is 23.2 Å². The predicted octanol–water partition coefficient (Wildman–Crippen LogP) is 3.28. The molecule has 0 saturated heterocycles. The number of alkyl carbamates (subject to hydrolysis) is 1. The van der Waals surface area contributed by atoms with Crippen molar-refractivity contribution < 1.29 is 19.4 Å². The molecule has 1 aromatic carbocycles. The lowest BCUT2D eigenvalue weighted by Crippen LogP contribution is -2.46. The van der Waals surface area contributed by atoms with Crippen molar-refractivity contribution in [3.05, 3.63) is 34.3 Å². The van der Waals surface area contributed by atoms with Crippen LogP contribution in [0.25, 0.3) is 0 Å².